The van der Waals surface area contributed by atoms with Gasteiger partial charge in [0, 0.05) is 18.6 Å². The lowest BCUT2D eigenvalue weighted by Gasteiger charge is -1.92. The first-order chi connectivity index (χ1) is 6.66. The fourth-order valence-electron chi connectivity index (χ4n) is 1.35. The predicted molar refractivity (Wildman–Crippen MR) is 56.8 cm³/mol. The summed E-state index contributed by atoms with van der Waals surface area (Å²) >= 11 is 0. The number of aromatic nitrogens is 2. The van der Waals surface area contributed by atoms with Gasteiger partial charge in [0.05, 0.1) is 0 Å². The van der Waals surface area contributed by atoms with Crippen LogP contribution in [0.2, 0.25) is 0 Å². The maximum Gasteiger partial charge on any atom is 0.151 e. The molecule has 2 nitrogen and oxygen atoms in total. The third kappa shape index (κ3) is 1.92. The minimum atomic E-state index is -0.245. The van der Waals surface area contributed by atoms with Crippen LogP contribution in [0.3, 0.4) is 0 Å². The van der Waals surface area contributed by atoms with Crippen molar-refractivity contribution in [3.05, 3.63) is 29.7 Å². The standard InChI is InChI=1S/C9H9FN2.C2H6/c1-6-3-7-5-12(2)11-9(7)8(10)4-6;1-2/h3-5H,1-2H3;1-2H3. The summed E-state index contributed by atoms with van der Waals surface area (Å²) in [6.45, 7) is 5.87. The maximum absolute atomic E-state index is 13.2. The Kier molecular flexibility index (Phi) is 3.23. The molecule has 0 aliphatic heterocycles. The van der Waals surface area contributed by atoms with Crippen molar-refractivity contribution in [2.45, 2.75) is 20.8 Å². The molecule has 0 saturated carbocycles. The number of benzene rings is 1. The molecule has 2 rings (SSSR count). The van der Waals surface area contributed by atoms with E-state index in [9.17, 15) is 4.39 Å². The third-order valence-corrected chi connectivity index (χ3v) is 1.82. The lowest BCUT2D eigenvalue weighted by molar-refractivity contribution is 0.631. The molecule has 0 N–H and O–H groups in total. The van der Waals surface area contributed by atoms with E-state index in [4.69, 9.17) is 0 Å². The second-order valence-corrected chi connectivity index (χ2v) is 2.99. The molecular weight excluding hydrogens is 179 g/mol. The Balaban J connectivity index is 0.000000461. The van der Waals surface area contributed by atoms with Crippen LogP contribution >= 0.6 is 0 Å². The highest BCUT2D eigenvalue weighted by atomic mass is 19.1. The van der Waals surface area contributed by atoms with Gasteiger partial charge in [-0.3, -0.25) is 4.68 Å². The number of aryl methyl sites for hydroxylation is 2. The summed E-state index contributed by atoms with van der Waals surface area (Å²) in [5, 5.41) is 4.85. The van der Waals surface area contributed by atoms with E-state index in [0.717, 1.165) is 10.9 Å². The second kappa shape index (κ2) is 4.22. The Hall–Kier alpha value is -1.38. The molecule has 0 unspecified atom stereocenters. The van der Waals surface area contributed by atoms with Gasteiger partial charge in [-0.05, 0) is 24.6 Å². The van der Waals surface area contributed by atoms with Gasteiger partial charge in [-0.2, -0.15) is 5.10 Å². The molecule has 1 aromatic carbocycles. The summed E-state index contributed by atoms with van der Waals surface area (Å²) in [6.07, 6.45) is 1.81. The fraction of sp³-hybridized carbons (Fsp3) is 0.364. The molecule has 0 radical (unpaired) electrons. The van der Waals surface area contributed by atoms with Crippen LogP contribution in [-0.2, 0) is 7.05 Å². The minimum absolute atomic E-state index is 0.245. The average Bonchev–Trinajstić information content (AvgIpc) is 2.49. The van der Waals surface area contributed by atoms with Crippen molar-refractivity contribution < 1.29 is 4.39 Å². The van der Waals surface area contributed by atoms with Crippen LogP contribution in [0.15, 0.2) is 18.3 Å². The lowest BCUT2D eigenvalue weighted by atomic mass is 10.2. The zero-order chi connectivity index (χ0) is 10.7. The minimum Gasteiger partial charge on any atom is -0.274 e. The highest BCUT2D eigenvalue weighted by Gasteiger charge is 2.04. The third-order valence-electron chi connectivity index (χ3n) is 1.82. The molecule has 0 aliphatic rings. The molecule has 0 spiro atoms. The van der Waals surface area contributed by atoms with E-state index in [0.29, 0.717) is 5.52 Å². The van der Waals surface area contributed by atoms with Crippen molar-refractivity contribution in [3.63, 3.8) is 0 Å². The number of halogens is 1. The number of hydrogen-bond acceptors (Lipinski definition) is 1. The van der Waals surface area contributed by atoms with Gasteiger partial charge in [-0.25, -0.2) is 4.39 Å². The van der Waals surface area contributed by atoms with Gasteiger partial charge < -0.3 is 0 Å². The Morgan fingerprint density at radius 2 is 1.93 bits per heavy atom. The van der Waals surface area contributed by atoms with Crippen molar-refractivity contribution in [2.75, 3.05) is 0 Å². The van der Waals surface area contributed by atoms with Crippen LogP contribution in [0, 0.1) is 12.7 Å². The molecule has 0 amide bonds. The molecule has 0 fully saturated rings. The molecule has 14 heavy (non-hydrogen) atoms. The Morgan fingerprint density at radius 3 is 2.57 bits per heavy atom. The molecule has 0 bridgehead atoms. The molecule has 3 heteroatoms. The van der Waals surface area contributed by atoms with Crippen molar-refractivity contribution in [1.82, 2.24) is 9.78 Å². The topological polar surface area (TPSA) is 17.8 Å². The zero-order valence-electron chi connectivity index (χ0n) is 9.00. The van der Waals surface area contributed by atoms with Crippen LogP contribution in [0.25, 0.3) is 10.9 Å². The number of hydrogen-bond donors (Lipinski definition) is 0. The molecule has 1 aromatic heterocycles. The van der Waals surface area contributed by atoms with Crippen LogP contribution in [-0.4, -0.2) is 9.78 Å². The zero-order valence-corrected chi connectivity index (χ0v) is 9.00. The first-order valence-electron chi connectivity index (χ1n) is 4.76. The fourth-order valence-corrected chi connectivity index (χ4v) is 1.35. The predicted octanol–water partition coefficient (Wildman–Crippen LogP) is 3.05. The lowest BCUT2D eigenvalue weighted by Crippen LogP contribution is -1.86. The maximum atomic E-state index is 13.2. The summed E-state index contributed by atoms with van der Waals surface area (Å²) < 4.78 is 14.8. The van der Waals surface area contributed by atoms with E-state index < -0.39 is 0 Å². The number of rotatable bonds is 0. The summed E-state index contributed by atoms with van der Waals surface area (Å²) in [5.74, 6) is -0.245. The van der Waals surface area contributed by atoms with Gasteiger partial charge in [0.2, 0.25) is 0 Å². The van der Waals surface area contributed by atoms with Crippen LogP contribution < -0.4 is 0 Å². The number of fused-ring (bicyclic) bond motifs is 1. The van der Waals surface area contributed by atoms with E-state index in [-0.39, 0.29) is 5.82 Å². The van der Waals surface area contributed by atoms with Gasteiger partial charge in [0.1, 0.15) is 5.52 Å². The first kappa shape index (κ1) is 10.7. The van der Waals surface area contributed by atoms with Crippen LogP contribution in [0.5, 0.6) is 0 Å². The van der Waals surface area contributed by atoms with Crippen LogP contribution in [0.1, 0.15) is 19.4 Å². The Bertz CT molecular complexity index is 432. The van der Waals surface area contributed by atoms with E-state index in [1.807, 2.05) is 33.0 Å². The molecule has 76 valence electrons. The summed E-state index contributed by atoms with van der Waals surface area (Å²) in [5.41, 5.74) is 1.37. The summed E-state index contributed by atoms with van der Waals surface area (Å²) in [6, 6.07) is 3.42. The quantitative estimate of drug-likeness (QED) is 0.630. The first-order valence-corrected chi connectivity index (χ1v) is 4.76. The highest BCUT2D eigenvalue weighted by molar-refractivity contribution is 5.79. The molecular formula is C11H15FN2. The van der Waals surface area contributed by atoms with Gasteiger partial charge in [0.25, 0.3) is 0 Å². The largest absolute Gasteiger partial charge is 0.274 e. The van der Waals surface area contributed by atoms with Crippen molar-refractivity contribution in [3.8, 4) is 0 Å². The average molecular weight is 194 g/mol. The molecule has 0 aliphatic carbocycles. The SMILES string of the molecule is CC.Cc1cc(F)c2nn(C)cc2c1. The highest BCUT2D eigenvalue weighted by Crippen LogP contribution is 2.17. The van der Waals surface area contributed by atoms with Crippen molar-refractivity contribution >= 4 is 10.9 Å². The van der Waals surface area contributed by atoms with Gasteiger partial charge in [0.15, 0.2) is 5.82 Å². The van der Waals surface area contributed by atoms with Gasteiger partial charge in [-0.15, -0.1) is 0 Å². The number of nitrogens with zero attached hydrogens (tertiary/aromatic N) is 2. The van der Waals surface area contributed by atoms with E-state index in [1.54, 1.807) is 11.7 Å². The normalized spacial score (nSPS) is 9.79. The smallest absolute Gasteiger partial charge is 0.151 e. The Labute approximate surface area is 83.4 Å². The van der Waals surface area contributed by atoms with E-state index >= 15 is 0 Å². The summed E-state index contributed by atoms with van der Waals surface area (Å²) in [7, 11) is 1.79. The Morgan fingerprint density at radius 1 is 1.29 bits per heavy atom. The van der Waals surface area contributed by atoms with Crippen molar-refractivity contribution in [1.29, 1.82) is 0 Å². The van der Waals surface area contributed by atoms with Gasteiger partial charge >= 0.3 is 0 Å². The molecule has 0 saturated heterocycles. The van der Waals surface area contributed by atoms with E-state index in [2.05, 4.69) is 5.10 Å². The molecule has 0 atom stereocenters. The molecule has 1 heterocycles. The monoisotopic (exact) mass is 194 g/mol. The van der Waals surface area contributed by atoms with E-state index in [1.165, 1.54) is 6.07 Å². The van der Waals surface area contributed by atoms with Gasteiger partial charge in [-0.1, -0.05) is 13.8 Å². The van der Waals surface area contributed by atoms with Crippen LogP contribution in [0.4, 0.5) is 4.39 Å². The second-order valence-electron chi connectivity index (χ2n) is 2.99. The van der Waals surface area contributed by atoms with Crippen molar-refractivity contribution in [2.24, 2.45) is 7.05 Å². The summed E-state index contributed by atoms with van der Waals surface area (Å²) in [4.78, 5) is 0. The molecule has 2 aromatic rings.